The molecule has 98 valence electrons. The molecule has 4 nitrogen and oxygen atoms in total. The summed E-state index contributed by atoms with van der Waals surface area (Å²) in [6.07, 6.45) is 0. The average Bonchev–Trinajstić information content (AvgIpc) is 2.98. The van der Waals surface area contributed by atoms with E-state index in [0.717, 1.165) is 32.9 Å². The number of fused-ring (bicyclic) bond motifs is 1. The number of hydrogen-bond donors (Lipinski definition) is 0. The number of aryl methyl sites for hydroxylation is 1. The summed E-state index contributed by atoms with van der Waals surface area (Å²) in [4.78, 5) is 0.863. The Hall–Kier alpha value is -1.40. The third kappa shape index (κ3) is 2.50. The Morgan fingerprint density at radius 2 is 2.00 bits per heavy atom. The molecule has 0 atom stereocenters. The van der Waals surface area contributed by atoms with Crippen LogP contribution in [0.1, 0.15) is 18.3 Å². The van der Waals surface area contributed by atoms with Gasteiger partial charge in [0.1, 0.15) is 5.01 Å². The number of hydrogen-bond acceptors (Lipinski definition) is 5. The standard InChI is InChI=1S/C13H14N4S2/c1-3-18-8-11-14-15-13-17(11)16-12(19-13)10-6-4-9(2)5-7-10/h4-7H,3,8H2,1-2H3. The van der Waals surface area contributed by atoms with Crippen LogP contribution < -0.4 is 0 Å². The average molecular weight is 290 g/mol. The van der Waals surface area contributed by atoms with E-state index in [1.54, 1.807) is 11.3 Å². The van der Waals surface area contributed by atoms with Gasteiger partial charge in [0.25, 0.3) is 0 Å². The molecule has 0 saturated carbocycles. The van der Waals surface area contributed by atoms with Crippen LogP contribution in [0.3, 0.4) is 0 Å². The lowest BCUT2D eigenvalue weighted by Crippen LogP contribution is -1.94. The zero-order valence-corrected chi connectivity index (χ0v) is 12.5. The predicted molar refractivity (Wildman–Crippen MR) is 80.7 cm³/mol. The quantitative estimate of drug-likeness (QED) is 0.738. The number of rotatable bonds is 4. The Balaban J connectivity index is 1.97. The molecule has 0 fully saturated rings. The fraction of sp³-hybridized carbons (Fsp3) is 0.308. The van der Waals surface area contributed by atoms with Crippen molar-refractivity contribution in [2.45, 2.75) is 19.6 Å². The Kier molecular flexibility index (Phi) is 3.52. The maximum atomic E-state index is 4.62. The van der Waals surface area contributed by atoms with E-state index in [0.29, 0.717) is 0 Å². The van der Waals surface area contributed by atoms with E-state index in [9.17, 15) is 0 Å². The van der Waals surface area contributed by atoms with Crippen LogP contribution in [0.4, 0.5) is 0 Å². The first kappa shape index (κ1) is 12.6. The molecule has 0 N–H and O–H groups in total. The van der Waals surface area contributed by atoms with E-state index in [-0.39, 0.29) is 0 Å². The largest absolute Gasteiger partial charge is 0.235 e. The van der Waals surface area contributed by atoms with Crippen LogP contribution in [0.5, 0.6) is 0 Å². The molecule has 2 heterocycles. The highest BCUT2D eigenvalue weighted by Crippen LogP contribution is 2.26. The summed E-state index contributed by atoms with van der Waals surface area (Å²) in [7, 11) is 0. The minimum atomic E-state index is 0.856. The van der Waals surface area contributed by atoms with Gasteiger partial charge in [0.2, 0.25) is 4.96 Å². The molecule has 0 saturated heterocycles. The lowest BCUT2D eigenvalue weighted by atomic mass is 10.2. The van der Waals surface area contributed by atoms with Gasteiger partial charge in [0.05, 0.1) is 5.75 Å². The summed E-state index contributed by atoms with van der Waals surface area (Å²) in [5, 5.41) is 14.0. The van der Waals surface area contributed by atoms with Crippen molar-refractivity contribution < 1.29 is 0 Å². The zero-order chi connectivity index (χ0) is 13.2. The number of benzene rings is 1. The summed E-state index contributed by atoms with van der Waals surface area (Å²) in [6.45, 7) is 4.23. The molecule has 0 amide bonds. The van der Waals surface area contributed by atoms with Crippen LogP contribution in [0.15, 0.2) is 24.3 Å². The Bertz CT molecular complexity index is 684. The second-order valence-electron chi connectivity index (χ2n) is 4.22. The molecule has 0 aliphatic carbocycles. The third-order valence-corrected chi connectivity index (χ3v) is 4.61. The van der Waals surface area contributed by atoms with Crippen molar-refractivity contribution >= 4 is 28.1 Å². The van der Waals surface area contributed by atoms with Crippen molar-refractivity contribution in [1.29, 1.82) is 0 Å². The SMILES string of the molecule is CCSCc1nnc2sc(-c3ccc(C)cc3)nn12. The second-order valence-corrected chi connectivity index (χ2v) is 6.45. The minimum Gasteiger partial charge on any atom is -0.186 e. The first-order chi connectivity index (χ1) is 9.28. The summed E-state index contributed by atoms with van der Waals surface area (Å²) >= 11 is 3.41. The smallest absolute Gasteiger partial charge is 0.186 e. The minimum absolute atomic E-state index is 0.856. The number of thioether (sulfide) groups is 1. The summed E-state index contributed by atoms with van der Waals surface area (Å²) in [5.74, 6) is 2.86. The van der Waals surface area contributed by atoms with Crippen LogP contribution in [-0.4, -0.2) is 25.6 Å². The molecular weight excluding hydrogens is 276 g/mol. The van der Waals surface area contributed by atoms with Gasteiger partial charge in [0.15, 0.2) is 5.82 Å². The van der Waals surface area contributed by atoms with E-state index in [1.807, 2.05) is 16.3 Å². The van der Waals surface area contributed by atoms with Gasteiger partial charge in [-0.05, 0) is 12.7 Å². The van der Waals surface area contributed by atoms with Crippen molar-refractivity contribution in [3.8, 4) is 10.6 Å². The molecule has 0 aliphatic rings. The number of aromatic nitrogens is 4. The molecule has 0 unspecified atom stereocenters. The van der Waals surface area contributed by atoms with Gasteiger partial charge in [-0.3, -0.25) is 0 Å². The highest BCUT2D eigenvalue weighted by molar-refractivity contribution is 7.98. The topological polar surface area (TPSA) is 43.1 Å². The first-order valence-corrected chi connectivity index (χ1v) is 8.11. The van der Waals surface area contributed by atoms with Gasteiger partial charge in [-0.2, -0.15) is 21.4 Å². The first-order valence-electron chi connectivity index (χ1n) is 6.14. The fourth-order valence-corrected chi connectivity index (χ4v) is 3.18. The summed E-state index contributed by atoms with van der Waals surface area (Å²) in [6, 6.07) is 8.40. The fourth-order valence-electron chi connectivity index (χ4n) is 1.75. The molecule has 2 aromatic heterocycles. The second kappa shape index (κ2) is 5.30. The molecule has 1 aromatic carbocycles. The highest BCUT2D eigenvalue weighted by Gasteiger charge is 2.12. The van der Waals surface area contributed by atoms with Gasteiger partial charge in [0, 0.05) is 5.56 Å². The zero-order valence-electron chi connectivity index (χ0n) is 10.8. The normalized spacial score (nSPS) is 11.3. The lowest BCUT2D eigenvalue weighted by molar-refractivity contribution is 0.887. The molecule has 6 heteroatoms. The molecule has 0 spiro atoms. The monoisotopic (exact) mass is 290 g/mol. The van der Waals surface area contributed by atoms with E-state index in [1.165, 1.54) is 5.56 Å². The molecule has 0 bridgehead atoms. The van der Waals surface area contributed by atoms with E-state index >= 15 is 0 Å². The van der Waals surface area contributed by atoms with Crippen molar-refractivity contribution in [2.24, 2.45) is 0 Å². The third-order valence-electron chi connectivity index (χ3n) is 2.79. The summed E-state index contributed by atoms with van der Waals surface area (Å²) in [5.41, 5.74) is 2.39. The molecular formula is C13H14N4S2. The van der Waals surface area contributed by atoms with Gasteiger partial charge in [-0.25, -0.2) is 0 Å². The molecule has 3 rings (SSSR count). The Morgan fingerprint density at radius 1 is 1.21 bits per heavy atom. The van der Waals surface area contributed by atoms with Gasteiger partial charge < -0.3 is 0 Å². The van der Waals surface area contributed by atoms with Crippen LogP contribution in [-0.2, 0) is 5.75 Å². The maximum Gasteiger partial charge on any atom is 0.235 e. The van der Waals surface area contributed by atoms with E-state index in [4.69, 9.17) is 0 Å². The van der Waals surface area contributed by atoms with Crippen molar-refractivity contribution in [3.63, 3.8) is 0 Å². The van der Waals surface area contributed by atoms with E-state index in [2.05, 4.69) is 53.4 Å². The van der Waals surface area contributed by atoms with Gasteiger partial charge in [-0.15, -0.1) is 10.2 Å². The van der Waals surface area contributed by atoms with Crippen LogP contribution >= 0.6 is 23.1 Å². The number of nitrogens with zero attached hydrogens (tertiary/aromatic N) is 4. The molecule has 3 aromatic rings. The van der Waals surface area contributed by atoms with Gasteiger partial charge in [-0.1, -0.05) is 48.1 Å². The van der Waals surface area contributed by atoms with Crippen LogP contribution in [0.25, 0.3) is 15.5 Å². The lowest BCUT2D eigenvalue weighted by Gasteiger charge is -1.96. The summed E-state index contributed by atoms with van der Waals surface area (Å²) < 4.78 is 1.86. The predicted octanol–water partition coefficient (Wildman–Crippen LogP) is 3.41. The Morgan fingerprint density at radius 3 is 2.74 bits per heavy atom. The van der Waals surface area contributed by atoms with Crippen molar-refractivity contribution in [3.05, 3.63) is 35.7 Å². The maximum absolute atomic E-state index is 4.62. The van der Waals surface area contributed by atoms with Crippen molar-refractivity contribution in [1.82, 2.24) is 19.8 Å². The van der Waals surface area contributed by atoms with Crippen molar-refractivity contribution in [2.75, 3.05) is 5.75 Å². The highest BCUT2D eigenvalue weighted by atomic mass is 32.2. The Labute approximate surface area is 119 Å². The van der Waals surface area contributed by atoms with Crippen LogP contribution in [0.2, 0.25) is 0 Å². The molecule has 0 aliphatic heterocycles. The molecule has 19 heavy (non-hydrogen) atoms. The molecule has 0 radical (unpaired) electrons. The van der Waals surface area contributed by atoms with E-state index < -0.39 is 0 Å². The van der Waals surface area contributed by atoms with Crippen LogP contribution in [0, 0.1) is 6.92 Å². The van der Waals surface area contributed by atoms with Gasteiger partial charge >= 0.3 is 0 Å².